The summed E-state index contributed by atoms with van der Waals surface area (Å²) in [6.45, 7) is 1.91. The van der Waals surface area contributed by atoms with Gasteiger partial charge in [-0.05, 0) is 30.0 Å². The summed E-state index contributed by atoms with van der Waals surface area (Å²) in [5.74, 6) is 0.478. The van der Waals surface area contributed by atoms with Crippen LogP contribution in [0.1, 0.15) is 25.3 Å². The van der Waals surface area contributed by atoms with Crippen molar-refractivity contribution in [2.45, 2.75) is 37.3 Å². The van der Waals surface area contributed by atoms with Gasteiger partial charge in [-0.15, -0.1) is 0 Å². The van der Waals surface area contributed by atoms with Crippen LogP contribution < -0.4 is 4.72 Å². The zero-order valence-electron chi connectivity index (χ0n) is 9.76. The van der Waals surface area contributed by atoms with Crippen molar-refractivity contribution >= 4 is 10.0 Å². The minimum atomic E-state index is -3.43. The van der Waals surface area contributed by atoms with E-state index in [2.05, 4.69) is 11.6 Å². The van der Waals surface area contributed by atoms with E-state index in [-0.39, 0.29) is 17.5 Å². The largest absolute Gasteiger partial charge is 0.392 e. The van der Waals surface area contributed by atoms with E-state index in [9.17, 15) is 8.42 Å². The fourth-order valence-corrected chi connectivity index (χ4v) is 3.31. The van der Waals surface area contributed by atoms with Gasteiger partial charge in [0.05, 0.1) is 11.5 Å². The van der Waals surface area contributed by atoms with E-state index in [0.29, 0.717) is 11.5 Å². The van der Waals surface area contributed by atoms with Crippen LogP contribution in [-0.2, 0) is 16.6 Å². The molecule has 1 aliphatic rings. The Kier molecular flexibility index (Phi) is 3.51. The van der Waals surface area contributed by atoms with E-state index in [1.807, 2.05) is 0 Å². The third-order valence-electron chi connectivity index (χ3n) is 3.14. The Morgan fingerprint density at radius 2 is 2.24 bits per heavy atom. The SMILES string of the molecule is CCC1CC1NS(=O)(=O)c1cccc(CO)c1. The smallest absolute Gasteiger partial charge is 0.240 e. The average molecular weight is 255 g/mol. The van der Waals surface area contributed by atoms with E-state index < -0.39 is 10.0 Å². The Bertz CT molecular complexity index is 498. The molecule has 1 aromatic rings. The Hall–Kier alpha value is -0.910. The lowest BCUT2D eigenvalue weighted by atomic mass is 10.2. The van der Waals surface area contributed by atoms with Gasteiger partial charge < -0.3 is 5.11 Å². The first kappa shape index (κ1) is 12.5. The highest BCUT2D eigenvalue weighted by atomic mass is 32.2. The molecule has 5 heteroatoms. The van der Waals surface area contributed by atoms with Crippen LogP contribution in [0, 0.1) is 5.92 Å². The zero-order chi connectivity index (χ0) is 12.5. The van der Waals surface area contributed by atoms with E-state index >= 15 is 0 Å². The molecule has 0 radical (unpaired) electrons. The van der Waals surface area contributed by atoms with Gasteiger partial charge >= 0.3 is 0 Å². The van der Waals surface area contributed by atoms with Crippen LogP contribution in [0.25, 0.3) is 0 Å². The molecule has 0 aliphatic heterocycles. The molecule has 1 aliphatic carbocycles. The fourth-order valence-electron chi connectivity index (χ4n) is 1.92. The lowest BCUT2D eigenvalue weighted by Gasteiger charge is -2.07. The normalized spacial score (nSPS) is 23.6. The predicted molar refractivity (Wildman–Crippen MR) is 64.9 cm³/mol. The van der Waals surface area contributed by atoms with Crippen molar-refractivity contribution in [3.8, 4) is 0 Å². The summed E-state index contributed by atoms with van der Waals surface area (Å²) >= 11 is 0. The van der Waals surface area contributed by atoms with Gasteiger partial charge in [0.25, 0.3) is 0 Å². The molecule has 0 saturated heterocycles. The maximum Gasteiger partial charge on any atom is 0.240 e. The molecule has 17 heavy (non-hydrogen) atoms. The summed E-state index contributed by atoms with van der Waals surface area (Å²) in [4.78, 5) is 0.228. The fraction of sp³-hybridized carbons (Fsp3) is 0.500. The van der Waals surface area contributed by atoms with Crippen LogP contribution in [0.5, 0.6) is 0 Å². The molecule has 0 spiro atoms. The molecule has 0 aromatic heterocycles. The summed E-state index contributed by atoms with van der Waals surface area (Å²) in [6.07, 6.45) is 1.93. The summed E-state index contributed by atoms with van der Waals surface area (Å²) in [5.41, 5.74) is 0.607. The molecule has 2 rings (SSSR count). The number of benzene rings is 1. The topological polar surface area (TPSA) is 66.4 Å². The highest BCUT2D eigenvalue weighted by Crippen LogP contribution is 2.34. The third kappa shape index (κ3) is 2.86. The third-order valence-corrected chi connectivity index (χ3v) is 4.63. The quantitative estimate of drug-likeness (QED) is 0.832. The lowest BCUT2D eigenvalue weighted by molar-refractivity contribution is 0.281. The van der Waals surface area contributed by atoms with Crippen molar-refractivity contribution < 1.29 is 13.5 Å². The van der Waals surface area contributed by atoms with E-state index in [4.69, 9.17) is 5.11 Å². The second kappa shape index (κ2) is 4.76. The van der Waals surface area contributed by atoms with Gasteiger partial charge in [-0.3, -0.25) is 0 Å². The maximum absolute atomic E-state index is 12.0. The van der Waals surface area contributed by atoms with Crippen molar-refractivity contribution in [3.05, 3.63) is 29.8 Å². The summed E-state index contributed by atoms with van der Waals surface area (Å²) in [6, 6.07) is 6.48. The van der Waals surface area contributed by atoms with Crippen LogP contribution in [0.3, 0.4) is 0 Å². The second-order valence-electron chi connectivity index (χ2n) is 4.44. The van der Waals surface area contributed by atoms with Gasteiger partial charge in [0.15, 0.2) is 0 Å². The van der Waals surface area contributed by atoms with Crippen LogP contribution in [0.15, 0.2) is 29.2 Å². The summed E-state index contributed by atoms with van der Waals surface area (Å²) < 4.78 is 26.7. The van der Waals surface area contributed by atoms with Gasteiger partial charge in [-0.1, -0.05) is 25.5 Å². The van der Waals surface area contributed by atoms with Gasteiger partial charge in [0.2, 0.25) is 10.0 Å². The highest BCUT2D eigenvalue weighted by molar-refractivity contribution is 7.89. The highest BCUT2D eigenvalue weighted by Gasteiger charge is 2.38. The molecule has 0 heterocycles. The van der Waals surface area contributed by atoms with Crippen LogP contribution in [0.2, 0.25) is 0 Å². The molecular weight excluding hydrogens is 238 g/mol. The van der Waals surface area contributed by atoms with Crippen LogP contribution >= 0.6 is 0 Å². The standard InChI is InChI=1S/C12H17NO3S/c1-2-10-7-12(10)13-17(15,16)11-5-3-4-9(6-11)8-14/h3-6,10,12-14H,2,7-8H2,1H3. The lowest BCUT2D eigenvalue weighted by Crippen LogP contribution is -2.27. The molecule has 0 amide bonds. The van der Waals surface area contributed by atoms with Crippen LogP contribution in [-0.4, -0.2) is 19.6 Å². The maximum atomic E-state index is 12.0. The molecule has 94 valence electrons. The minimum absolute atomic E-state index is 0.0859. The molecular formula is C12H17NO3S. The minimum Gasteiger partial charge on any atom is -0.392 e. The molecule has 1 saturated carbocycles. The van der Waals surface area contributed by atoms with Crippen molar-refractivity contribution in [1.29, 1.82) is 0 Å². The van der Waals surface area contributed by atoms with E-state index in [1.54, 1.807) is 18.2 Å². The van der Waals surface area contributed by atoms with E-state index in [1.165, 1.54) is 6.07 Å². The Labute approximate surface area is 102 Å². The number of aliphatic hydroxyl groups excluding tert-OH is 1. The first-order valence-corrected chi connectivity index (χ1v) is 7.27. The Balaban J connectivity index is 2.14. The molecule has 1 aromatic carbocycles. The van der Waals surface area contributed by atoms with Gasteiger partial charge in [0.1, 0.15) is 0 Å². The predicted octanol–water partition coefficient (Wildman–Crippen LogP) is 1.26. The van der Waals surface area contributed by atoms with Gasteiger partial charge in [-0.25, -0.2) is 13.1 Å². The second-order valence-corrected chi connectivity index (χ2v) is 6.15. The molecule has 2 unspecified atom stereocenters. The van der Waals surface area contributed by atoms with Gasteiger partial charge in [0, 0.05) is 6.04 Å². The van der Waals surface area contributed by atoms with Gasteiger partial charge in [-0.2, -0.15) is 0 Å². The molecule has 2 atom stereocenters. The molecule has 4 nitrogen and oxygen atoms in total. The van der Waals surface area contributed by atoms with E-state index in [0.717, 1.165) is 12.8 Å². The van der Waals surface area contributed by atoms with Crippen LogP contribution in [0.4, 0.5) is 0 Å². The molecule has 1 fully saturated rings. The van der Waals surface area contributed by atoms with Crippen molar-refractivity contribution in [2.24, 2.45) is 5.92 Å². The number of hydrogen-bond acceptors (Lipinski definition) is 3. The van der Waals surface area contributed by atoms with Crippen molar-refractivity contribution in [2.75, 3.05) is 0 Å². The summed E-state index contributed by atoms with van der Waals surface area (Å²) in [7, 11) is -3.43. The van der Waals surface area contributed by atoms with Crippen molar-refractivity contribution in [3.63, 3.8) is 0 Å². The Morgan fingerprint density at radius 1 is 1.47 bits per heavy atom. The number of hydrogen-bond donors (Lipinski definition) is 2. The first-order valence-electron chi connectivity index (χ1n) is 5.79. The number of nitrogens with one attached hydrogen (secondary N) is 1. The summed E-state index contributed by atoms with van der Waals surface area (Å²) in [5, 5.41) is 8.99. The van der Waals surface area contributed by atoms with Crippen molar-refractivity contribution in [1.82, 2.24) is 4.72 Å². The number of rotatable bonds is 5. The number of aliphatic hydroxyl groups is 1. The average Bonchev–Trinajstić information content (AvgIpc) is 3.07. The molecule has 0 bridgehead atoms. The molecule has 2 N–H and O–H groups in total. The monoisotopic (exact) mass is 255 g/mol. The zero-order valence-corrected chi connectivity index (χ0v) is 10.6. The first-order chi connectivity index (χ1) is 8.06. The Morgan fingerprint density at radius 3 is 2.82 bits per heavy atom. The number of sulfonamides is 1.